The topological polar surface area (TPSA) is 104 Å². The molecule has 2 saturated heterocycles. The number of phenolic OH excluding ortho intramolecular Hbond substituents is 1. The third kappa shape index (κ3) is 4.42. The van der Waals surface area contributed by atoms with Gasteiger partial charge in [0.25, 0.3) is 11.8 Å². The highest BCUT2D eigenvalue weighted by molar-refractivity contribution is 6.58. The van der Waals surface area contributed by atoms with Crippen molar-refractivity contribution in [2.45, 2.75) is 35.1 Å². The SMILES string of the molecule is COc1cc([C@H]2C3=CC[C@@H]4C(=O)N(Cc5ccccc5)C(=O)[C@@H]4[C@@H]3C[C@@]3(Cl)C(=O)N(c4c(F)c(F)c(F)c(F)c4F)C(=O)[C@@]23Cl)cc(Cl)c1O. The fourth-order valence-electron chi connectivity index (χ4n) is 7.84. The highest BCUT2D eigenvalue weighted by Crippen LogP contribution is 2.66. The van der Waals surface area contributed by atoms with Crippen LogP contribution < -0.4 is 9.64 Å². The number of carbonyl (C=O) groups excluding carboxylic acids is 4. The minimum atomic E-state index is -2.75. The van der Waals surface area contributed by atoms with Crippen molar-refractivity contribution in [3.8, 4) is 11.5 Å². The minimum Gasteiger partial charge on any atom is -0.503 e. The van der Waals surface area contributed by atoms with E-state index in [-0.39, 0.29) is 39.8 Å². The quantitative estimate of drug-likeness (QED) is 0.0796. The van der Waals surface area contributed by atoms with Crippen LogP contribution in [0.1, 0.15) is 29.9 Å². The number of ether oxygens (including phenoxy) is 1. The van der Waals surface area contributed by atoms with Crippen LogP contribution in [0.3, 0.4) is 0 Å². The second kappa shape index (κ2) is 11.7. The zero-order valence-electron chi connectivity index (χ0n) is 25.5. The fraction of sp³-hybridized carbons (Fsp3) is 0.294. The Balaban J connectivity index is 1.43. The molecule has 2 aliphatic carbocycles. The summed E-state index contributed by atoms with van der Waals surface area (Å²) in [5.74, 6) is -22.2. The predicted molar refractivity (Wildman–Crippen MR) is 168 cm³/mol. The molecule has 0 bridgehead atoms. The smallest absolute Gasteiger partial charge is 0.258 e. The molecule has 0 unspecified atom stereocenters. The normalized spacial score (nSPS) is 28.9. The Morgan fingerprint density at radius 3 is 2.12 bits per heavy atom. The molecule has 4 amide bonds. The number of halogens is 8. The van der Waals surface area contributed by atoms with Gasteiger partial charge >= 0.3 is 0 Å². The first kappa shape index (κ1) is 34.3. The van der Waals surface area contributed by atoms with Crippen LogP contribution in [-0.2, 0) is 25.7 Å². The number of fused-ring (bicyclic) bond motifs is 4. The lowest BCUT2D eigenvalue weighted by Gasteiger charge is -2.50. The van der Waals surface area contributed by atoms with Gasteiger partial charge in [-0.25, -0.2) is 26.9 Å². The highest BCUT2D eigenvalue weighted by Gasteiger charge is 2.77. The summed E-state index contributed by atoms with van der Waals surface area (Å²) < 4.78 is 78.5. The van der Waals surface area contributed by atoms with Crippen molar-refractivity contribution in [1.82, 2.24) is 4.90 Å². The van der Waals surface area contributed by atoms with Crippen LogP contribution in [-0.4, -0.2) is 50.5 Å². The fourth-order valence-corrected chi connectivity index (χ4v) is 9.00. The molecule has 1 saturated carbocycles. The minimum absolute atomic E-state index is 0.0163. The first-order chi connectivity index (χ1) is 23.6. The van der Waals surface area contributed by atoms with Gasteiger partial charge in [-0.15, -0.1) is 23.2 Å². The van der Waals surface area contributed by atoms with E-state index in [2.05, 4.69) is 0 Å². The molecule has 3 aromatic rings. The van der Waals surface area contributed by atoms with Crippen molar-refractivity contribution in [2.75, 3.05) is 12.0 Å². The summed E-state index contributed by atoms with van der Waals surface area (Å²) in [6, 6.07) is 11.0. The molecule has 7 rings (SSSR count). The predicted octanol–water partition coefficient (Wildman–Crippen LogP) is 6.51. The maximum atomic E-state index is 15.2. The van der Waals surface area contributed by atoms with E-state index < -0.39 is 104 Å². The van der Waals surface area contributed by atoms with Gasteiger partial charge in [0.1, 0.15) is 5.69 Å². The van der Waals surface area contributed by atoms with Gasteiger partial charge in [-0.05, 0) is 42.0 Å². The monoisotopic (exact) mass is 754 g/mol. The summed E-state index contributed by atoms with van der Waals surface area (Å²) in [5.41, 5.74) is -1.03. The highest BCUT2D eigenvalue weighted by atomic mass is 35.5. The van der Waals surface area contributed by atoms with E-state index in [0.29, 0.717) is 5.56 Å². The van der Waals surface area contributed by atoms with Crippen LogP contribution in [0.4, 0.5) is 27.6 Å². The molecule has 0 spiro atoms. The molecular formula is C34H22Cl3F5N2O6. The second-order valence-electron chi connectivity index (χ2n) is 12.5. The Bertz CT molecular complexity index is 2060. The molecule has 260 valence electrons. The summed E-state index contributed by atoms with van der Waals surface area (Å²) in [5, 5.41) is 10.2. The number of rotatable bonds is 5. The summed E-state index contributed by atoms with van der Waals surface area (Å²) in [6.07, 6.45) is 0.872. The zero-order chi connectivity index (χ0) is 36.2. The molecule has 4 aliphatic rings. The maximum Gasteiger partial charge on any atom is 0.258 e. The van der Waals surface area contributed by atoms with E-state index >= 15 is 8.78 Å². The molecule has 16 heteroatoms. The molecule has 6 atom stereocenters. The molecule has 1 N–H and O–H groups in total. The number of allylic oxidation sites excluding steroid dienone is 2. The lowest BCUT2D eigenvalue weighted by molar-refractivity contribution is -0.141. The zero-order valence-corrected chi connectivity index (χ0v) is 27.7. The molecule has 50 heavy (non-hydrogen) atoms. The molecule has 8 nitrogen and oxygen atoms in total. The van der Waals surface area contributed by atoms with Crippen LogP contribution in [0.15, 0.2) is 54.1 Å². The molecular weight excluding hydrogens is 734 g/mol. The van der Waals surface area contributed by atoms with E-state index in [4.69, 9.17) is 39.5 Å². The number of benzene rings is 3. The molecule has 3 aromatic carbocycles. The second-order valence-corrected chi connectivity index (χ2v) is 14.1. The molecule has 2 aliphatic heterocycles. The summed E-state index contributed by atoms with van der Waals surface area (Å²) in [4.78, 5) is 51.8. The van der Waals surface area contributed by atoms with Crippen molar-refractivity contribution in [2.24, 2.45) is 17.8 Å². The first-order valence-corrected chi connectivity index (χ1v) is 16.2. The van der Waals surface area contributed by atoms with Crippen LogP contribution in [0.25, 0.3) is 0 Å². The Kier molecular flexibility index (Phi) is 8.00. The van der Waals surface area contributed by atoms with E-state index in [1.807, 2.05) is 0 Å². The number of hydrogen-bond donors (Lipinski definition) is 1. The van der Waals surface area contributed by atoms with Crippen molar-refractivity contribution in [3.05, 3.63) is 99.3 Å². The van der Waals surface area contributed by atoms with E-state index in [9.17, 15) is 37.5 Å². The van der Waals surface area contributed by atoms with Gasteiger partial charge in [0.2, 0.25) is 17.6 Å². The Morgan fingerprint density at radius 1 is 0.880 bits per heavy atom. The Hall–Kier alpha value is -4.20. The summed E-state index contributed by atoms with van der Waals surface area (Å²) in [7, 11) is 1.19. The van der Waals surface area contributed by atoms with E-state index in [1.165, 1.54) is 19.2 Å². The standard InChI is InChI=1S/C34H22Cl3F5N2O6/c1-50-19-10-14(9-18(35)28(19)45)21-15-7-8-16-20(30(47)43(29(16)46)12-13-5-3-2-4-6-13)17(15)11-33(36)31(48)44(32(49)34(21,33)37)27-25(41)23(39)22(38)24(40)26(27)42/h2-7,9-10,16-17,20-21,45H,8,11-12H2,1H3/t16-,17+,20-,21-,33+,34-/m0/s1. The van der Waals surface area contributed by atoms with Crippen LogP contribution in [0.5, 0.6) is 11.5 Å². The van der Waals surface area contributed by atoms with Gasteiger partial charge in [-0.3, -0.25) is 24.1 Å². The van der Waals surface area contributed by atoms with Crippen LogP contribution in [0.2, 0.25) is 5.02 Å². The van der Waals surface area contributed by atoms with Crippen molar-refractivity contribution < 1.29 is 51.0 Å². The van der Waals surface area contributed by atoms with Gasteiger partial charge < -0.3 is 9.84 Å². The van der Waals surface area contributed by atoms with E-state index in [0.717, 1.165) is 4.90 Å². The van der Waals surface area contributed by atoms with Gasteiger partial charge in [0.15, 0.2) is 44.5 Å². The number of amides is 4. The van der Waals surface area contributed by atoms with Gasteiger partial charge in [0, 0.05) is 5.92 Å². The number of hydrogen-bond acceptors (Lipinski definition) is 6. The molecule has 0 radical (unpaired) electrons. The third-order valence-corrected chi connectivity index (χ3v) is 11.8. The third-order valence-electron chi connectivity index (χ3n) is 10.1. The lowest BCUT2D eigenvalue weighted by atomic mass is 9.56. The van der Waals surface area contributed by atoms with Crippen LogP contribution in [0, 0.1) is 46.8 Å². The number of likely N-dealkylation sites (tertiary alicyclic amines) is 1. The largest absolute Gasteiger partial charge is 0.503 e. The van der Waals surface area contributed by atoms with Gasteiger partial charge in [-0.1, -0.05) is 53.6 Å². The lowest BCUT2D eigenvalue weighted by Crippen LogP contribution is -2.60. The van der Waals surface area contributed by atoms with Crippen molar-refractivity contribution in [1.29, 1.82) is 0 Å². The van der Waals surface area contributed by atoms with Crippen molar-refractivity contribution in [3.63, 3.8) is 0 Å². The first-order valence-electron chi connectivity index (χ1n) is 15.0. The Morgan fingerprint density at radius 2 is 1.50 bits per heavy atom. The summed E-state index contributed by atoms with van der Waals surface area (Å²) >= 11 is 20.6. The van der Waals surface area contributed by atoms with Gasteiger partial charge in [0.05, 0.1) is 30.5 Å². The van der Waals surface area contributed by atoms with E-state index in [1.54, 1.807) is 36.4 Å². The Labute approximate surface area is 294 Å². The maximum absolute atomic E-state index is 15.2. The summed E-state index contributed by atoms with van der Waals surface area (Å²) in [6.45, 7) is -0.0708. The molecule has 2 heterocycles. The number of imide groups is 2. The molecule has 3 fully saturated rings. The number of anilines is 1. The molecule has 0 aromatic heterocycles. The average Bonchev–Trinajstić information content (AvgIpc) is 3.42. The number of methoxy groups -OCH3 is 1. The number of nitrogens with zero attached hydrogens (tertiary/aromatic N) is 2. The number of aromatic hydroxyl groups is 1. The average molecular weight is 756 g/mol. The number of alkyl halides is 2. The number of carbonyl (C=O) groups is 4. The van der Waals surface area contributed by atoms with Crippen molar-refractivity contribution >= 4 is 64.1 Å². The van der Waals surface area contributed by atoms with Crippen LogP contribution >= 0.6 is 34.8 Å². The van der Waals surface area contributed by atoms with Gasteiger partial charge in [-0.2, -0.15) is 0 Å². The number of phenols is 1.